The lowest BCUT2D eigenvalue weighted by Gasteiger charge is -2.04. The zero-order chi connectivity index (χ0) is 15.8. The lowest BCUT2D eigenvalue weighted by atomic mass is 10.0. The zero-order valence-electron chi connectivity index (χ0n) is 13.6. The van der Waals surface area contributed by atoms with Gasteiger partial charge in [0.25, 0.3) is 0 Å². The Labute approximate surface area is 132 Å². The number of hydrogen-bond acceptors (Lipinski definition) is 3. The first kappa shape index (κ1) is 16.6. The maximum Gasteiger partial charge on any atom is 0.339 e. The molecule has 0 amide bonds. The van der Waals surface area contributed by atoms with E-state index >= 15 is 0 Å². The SMILES string of the molecule is CCCCCCCCCCc1cc2ccc(N)cc2oc1=O. The number of nitrogen functional groups attached to an aromatic ring is 1. The first-order valence-corrected chi connectivity index (χ1v) is 8.53. The fourth-order valence-corrected chi connectivity index (χ4v) is 2.79. The lowest BCUT2D eigenvalue weighted by Crippen LogP contribution is -2.07. The van der Waals surface area contributed by atoms with Gasteiger partial charge in [0.05, 0.1) is 0 Å². The average Bonchev–Trinajstić information content (AvgIpc) is 2.50. The van der Waals surface area contributed by atoms with Gasteiger partial charge in [0.15, 0.2) is 0 Å². The number of hydrogen-bond donors (Lipinski definition) is 1. The molecule has 1 aromatic carbocycles. The van der Waals surface area contributed by atoms with Crippen LogP contribution in [0.2, 0.25) is 0 Å². The van der Waals surface area contributed by atoms with Gasteiger partial charge in [-0.05, 0) is 31.0 Å². The number of aryl methyl sites for hydroxylation is 1. The van der Waals surface area contributed by atoms with Crippen molar-refractivity contribution in [1.82, 2.24) is 0 Å². The van der Waals surface area contributed by atoms with Crippen molar-refractivity contribution in [3.05, 3.63) is 40.2 Å². The topological polar surface area (TPSA) is 56.2 Å². The molecule has 0 fully saturated rings. The van der Waals surface area contributed by atoms with Crippen LogP contribution in [-0.2, 0) is 6.42 Å². The normalized spacial score (nSPS) is 11.1. The highest BCUT2D eigenvalue weighted by Crippen LogP contribution is 2.18. The number of benzene rings is 1. The zero-order valence-corrected chi connectivity index (χ0v) is 13.6. The molecule has 0 unspecified atom stereocenters. The highest BCUT2D eigenvalue weighted by atomic mass is 16.4. The van der Waals surface area contributed by atoms with Gasteiger partial charge in [0.2, 0.25) is 0 Å². The monoisotopic (exact) mass is 301 g/mol. The van der Waals surface area contributed by atoms with Crippen molar-refractivity contribution < 1.29 is 4.42 Å². The van der Waals surface area contributed by atoms with Gasteiger partial charge in [-0.1, -0.05) is 51.9 Å². The van der Waals surface area contributed by atoms with E-state index in [0.717, 1.165) is 23.8 Å². The Morgan fingerprint density at radius 3 is 2.36 bits per heavy atom. The van der Waals surface area contributed by atoms with Gasteiger partial charge >= 0.3 is 5.63 Å². The van der Waals surface area contributed by atoms with E-state index in [2.05, 4.69) is 6.92 Å². The van der Waals surface area contributed by atoms with Gasteiger partial charge in [0, 0.05) is 22.7 Å². The van der Waals surface area contributed by atoms with Crippen molar-refractivity contribution in [2.45, 2.75) is 64.7 Å². The van der Waals surface area contributed by atoms with E-state index < -0.39 is 0 Å². The van der Waals surface area contributed by atoms with Crippen LogP contribution in [0.15, 0.2) is 33.5 Å². The van der Waals surface area contributed by atoms with Gasteiger partial charge in [-0.3, -0.25) is 0 Å². The van der Waals surface area contributed by atoms with Crippen LogP contribution in [0.1, 0.15) is 63.9 Å². The third-order valence-corrected chi connectivity index (χ3v) is 4.13. The Kier molecular flexibility index (Phi) is 6.50. The van der Waals surface area contributed by atoms with Crippen molar-refractivity contribution in [1.29, 1.82) is 0 Å². The van der Waals surface area contributed by atoms with Crippen LogP contribution < -0.4 is 11.4 Å². The second-order valence-corrected chi connectivity index (χ2v) is 6.08. The van der Waals surface area contributed by atoms with E-state index in [1.807, 2.05) is 18.2 Å². The minimum absolute atomic E-state index is 0.221. The van der Waals surface area contributed by atoms with Gasteiger partial charge in [-0.25, -0.2) is 4.79 Å². The summed E-state index contributed by atoms with van der Waals surface area (Å²) in [4.78, 5) is 12.0. The molecule has 0 atom stereocenters. The Morgan fingerprint density at radius 1 is 0.955 bits per heavy atom. The number of anilines is 1. The summed E-state index contributed by atoms with van der Waals surface area (Å²) in [6.07, 6.45) is 11.0. The van der Waals surface area contributed by atoms with Crippen LogP contribution in [0.3, 0.4) is 0 Å². The molecule has 1 heterocycles. The minimum atomic E-state index is -0.221. The summed E-state index contributed by atoms with van der Waals surface area (Å²) in [7, 11) is 0. The van der Waals surface area contributed by atoms with Crippen LogP contribution in [0.5, 0.6) is 0 Å². The summed E-state index contributed by atoms with van der Waals surface area (Å²) in [5, 5.41) is 0.948. The minimum Gasteiger partial charge on any atom is -0.422 e. The molecule has 2 N–H and O–H groups in total. The fraction of sp³-hybridized carbons (Fsp3) is 0.526. The quantitative estimate of drug-likeness (QED) is 0.400. The number of nitrogens with two attached hydrogens (primary N) is 1. The smallest absolute Gasteiger partial charge is 0.339 e. The molecule has 0 bridgehead atoms. The molecule has 120 valence electrons. The Bertz CT molecular complexity index is 645. The molecule has 22 heavy (non-hydrogen) atoms. The van der Waals surface area contributed by atoms with Crippen molar-refractivity contribution in [3.63, 3.8) is 0 Å². The summed E-state index contributed by atoms with van der Waals surface area (Å²) in [6, 6.07) is 7.39. The van der Waals surface area contributed by atoms with Gasteiger partial charge in [0.1, 0.15) is 5.58 Å². The molecule has 0 radical (unpaired) electrons. The Hall–Kier alpha value is -1.77. The molecule has 2 rings (SSSR count). The standard InChI is InChI=1S/C19H27NO2/c1-2-3-4-5-6-7-8-9-10-16-13-15-11-12-17(20)14-18(15)22-19(16)21/h11-14H,2-10,20H2,1H3. The molecule has 2 aromatic rings. The first-order chi connectivity index (χ1) is 10.7. The van der Waals surface area contributed by atoms with Gasteiger partial charge < -0.3 is 10.2 Å². The highest BCUT2D eigenvalue weighted by Gasteiger charge is 2.05. The van der Waals surface area contributed by atoms with Crippen molar-refractivity contribution in [2.24, 2.45) is 0 Å². The van der Waals surface area contributed by atoms with Crippen molar-refractivity contribution >= 4 is 16.7 Å². The molecule has 0 saturated heterocycles. The van der Waals surface area contributed by atoms with Gasteiger partial charge in [-0.15, -0.1) is 0 Å². The third kappa shape index (κ3) is 4.90. The molecule has 0 aliphatic rings. The molecule has 3 nitrogen and oxygen atoms in total. The third-order valence-electron chi connectivity index (χ3n) is 4.13. The number of rotatable bonds is 9. The van der Waals surface area contributed by atoms with E-state index in [1.165, 1.54) is 44.9 Å². The summed E-state index contributed by atoms with van der Waals surface area (Å²) in [5.41, 5.74) is 7.46. The molecular weight excluding hydrogens is 274 g/mol. The van der Waals surface area contributed by atoms with Crippen molar-refractivity contribution in [3.8, 4) is 0 Å². The maximum atomic E-state index is 12.0. The number of fused-ring (bicyclic) bond motifs is 1. The molecule has 0 saturated carbocycles. The van der Waals surface area contributed by atoms with E-state index in [1.54, 1.807) is 6.07 Å². The second-order valence-electron chi connectivity index (χ2n) is 6.08. The summed E-state index contributed by atoms with van der Waals surface area (Å²) in [6.45, 7) is 2.24. The van der Waals surface area contributed by atoms with Crippen LogP contribution in [-0.4, -0.2) is 0 Å². The largest absolute Gasteiger partial charge is 0.422 e. The average molecular weight is 301 g/mol. The summed E-state index contributed by atoms with van der Waals surface area (Å²) < 4.78 is 5.36. The number of unbranched alkanes of at least 4 members (excludes halogenated alkanes) is 7. The first-order valence-electron chi connectivity index (χ1n) is 8.53. The van der Waals surface area contributed by atoms with E-state index in [0.29, 0.717) is 11.3 Å². The highest BCUT2D eigenvalue weighted by molar-refractivity contribution is 5.80. The fourth-order valence-electron chi connectivity index (χ4n) is 2.79. The van der Waals surface area contributed by atoms with Crippen molar-refractivity contribution in [2.75, 3.05) is 5.73 Å². The van der Waals surface area contributed by atoms with Crippen LogP contribution in [0.4, 0.5) is 5.69 Å². The molecule has 0 aliphatic carbocycles. The van der Waals surface area contributed by atoms with Crippen LogP contribution >= 0.6 is 0 Å². The summed E-state index contributed by atoms with van der Waals surface area (Å²) >= 11 is 0. The van der Waals surface area contributed by atoms with E-state index in [4.69, 9.17) is 10.2 Å². The van der Waals surface area contributed by atoms with E-state index in [-0.39, 0.29) is 5.63 Å². The molecular formula is C19H27NO2. The summed E-state index contributed by atoms with van der Waals surface area (Å²) in [5.74, 6) is 0. The second kappa shape index (κ2) is 8.62. The van der Waals surface area contributed by atoms with Crippen LogP contribution in [0.25, 0.3) is 11.0 Å². The molecule has 3 heteroatoms. The maximum absolute atomic E-state index is 12.0. The van der Waals surface area contributed by atoms with Gasteiger partial charge in [-0.2, -0.15) is 0 Å². The predicted octanol–water partition coefficient (Wildman–Crippen LogP) is 5.06. The lowest BCUT2D eigenvalue weighted by molar-refractivity contribution is 0.540. The Balaban J connectivity index is 1.81. The predicted molar refractivity (Wildman–Crippen MR) is 93.2 cm³/mol. The van der Waals surface area contributed by atoms with Crippen LogP contribution in [0, 0.1) is 0 Å². The molecule has 1 aromatic heterocycles. The van der Waals surface area contributed by atoms with E-state index in [9.17, 15) is 4.79 Å². The molecule has 0 aliphatic heterocycles. The Morgan fingerprint density at radius 2 is 1.64 bits per heavy atom. The molecule has 0 spiro atoms.